The van der Waals surface area contributed by atoms with Crippen LogP contribution in [0.4, 0.5) is 34.1 Å². The largest absolute Gasteiger partial charge is 0.486 e. The maximum atomic E-state index is 6.51. The van der Waals surface area contributed by atoms with Gasteiger partial charge in [-0.1, -0.05) is 159 Å². The number of furan rings is 1. The summed E-state index contributed by atoms with van der Waals surface area (Å²) in [7, 11) is 0. The number of hydrogen-bond acceptors (Lipinski definition) is 5. The molecule has 0 saturated carbocycles. The van der Waals surface area contributed by atoms with Crippen molar-refractivity contribution in [3.8, 4) is 44.9 Å². The number of nitrogens with zero attached hydrogens (tertiary/aromatic N) is 2. The second-order valence-corrected chi connectivity index (χ2v) is 24.2. The van der Waals surface area contributed by atoms with Gasteiger partial charge in [0.1, 0.15) is 24.4 Å². The zero-order chi connectivity index (χ0) is 51.7. The van der Waals surface area contributed by atoms with Crippen molar-refractivity contribution in [3.05, 3.63) is 198 Å². The zero-order valence-electron chi connectivity index (χ0n) is 44.9. The molecule has 0 fully saturated rings. The van der Waals surface area contributed by atoms with Gasteiger partial charge in [-0.25, -0.2) is 0 Å². The Bertz CT molecular complexity index is 3830. The molecule has 370 valence electrons. The molecule has 0 spiro atoms. The lowest BCUT2D eigenvalue weighted by molar-refractivity contribution is 0.172. The summed E-state index contributed by atoms with van der Waals surface area (Å²) in [5.74, 6) is 1.56. The van der Waals surface area contributed by atoms with Crippen molar-refractivity contribution in [2.75, 3.05) is 23.0 Å². The van der Waals surface area contributed by atoms with Gasteiger partial charge in [-0.3, -0.25) is 0 Å². The molecule has 1 aromatic heterocycles. The van der Waals surface area contributed by atoms with E-state index in [9.17, 15) is 0 Å². The Kier molecular flexibility index (Phi) is 10.6. The number of fused-ring (bicyclic) bond motifs is 8. The van der Waals surface area contributed by atoms with Gasteiger partial charge in [-0.2, -0.15) is 0 Å². The van der Waals surface area contributed by atoms with E-state index >= 15 is 0 Å². The number of aryl methyl sites for hydroxylation is 1. The fourth-order valence-electron chi connectivity index (χ4n) is 11.8. The predicted octanol–water partition coefficient (Wildman–Crippen LogP) is 16.6. The highest BCUT2D eigenvalue weighted by Gasteiger charge is 2.45. The van der Waals surface area contributed by atoms with Crippen LogP contribution < -0.4 is 35.7 Å². The Morgan fingerprint density at radius 1 is 0.387 bits per heavy atom. The molecule has 10 aromatic rings. The predicted molar refractivity (Wildman–Crippen MR) is 316 cm³/mol. The monoisotopic (exact) mass is 978 g/mol. The maximum absolute atomic E-state index is 6.51. The molecule has 5 nitrogen and oxygen atoms in total. The van der Waals surface area contributed by atoms with Gasteiger partial charge in [0.25, 0.3) is 6.71 Å². The number of anilines is 6. The molecular formula is C69H63BN2O3. The Labute approximate surface area is 442 Å². The van der Waals surface area contributed by atoms with Crippen molar-refractivity contribution < 1.29 is 13.9 Å². The minimum absolute atomic E-state index is 0.00765. The van der Waals surface area contributed by atoms with Gasteiger partial charge in [0, 0.05) is 51.0 Å². The number of para-hydroxylation sites is 1. The molecule has 75 heavy (non-hydrogen) atoms. The SMILES string of the molecule is Cc1cc2c3c(c1)N(c1ccc(C(C)(C)C)cc1)c1cc4c(cc1B3c1ccc(-c3ccc5c(c3)oc3ccccc35)cc1N2c1cc(-c2ccc(C(C)(C)C)cc2)cc(-c2ccc(C(C)(C)C)cc2)c1)OCCO4. The van der Waals surface area contributed by atoms with Crippen LogP contribution in [0.1, 0.15) is 84.6 Å². The molecule has 4 heterocycles. The van der Waals surface area contributed by atoms with Crippen LogP contribution in [0.3, 0.4) is 0 Å². The van der Waals surface area contributed by atoms with Gasteiger partial charge in [0.05, 0.1) is 0 Å². The molecule has 0 amide bonds. The summed E-state index contributed by atoms with van der Waals surface area (Å²) in [6, 6.07) is 66.2. The highest BCUT2D eigenvalue weighted by atomic mass is 16.6. The lowest BCUT2D eigenvalue weighted by Gasteiger charge is -2.45. The van der Waals surface area contributed by atoms with E-state index in [4.69, 9.17) is 13.9 Å². The van der Waals surface area contributed by atoms with Crippen LogP contribution in [-0.2, 0) is 16.2 Å². The van der Waals surface area contributed by atoms with Gasteiger partial charge >= 0.3 is 0 Å². The Morgan fingerprint density at radius 3 is 1.48 bits per heavy atom. The summed E-state index contributed by atoms with van der Waals surface area (Å²) in [5.41, 5.74) is 24.2. The first kappa shape index (κ1) is 46.8. The molecule has 6 heteroatoms. The first-order valence-corrected chi connectivity index (χ1v) is 26.7. The van der Waals surface area contributed by atoms with Crippen molar-refractivity contribution in [1.82, 2.24) is 0 Å². The van der Waals surface area contributed by atoms with Gasteiger partial charge < -0.3 is 23.7 Å². The summed E-state index contributed by atoms with van der Waals surface area (Å²) < 4.78 is 19.3. The minimum Gasteiger partial charge on any atom is -0.486 e. The second-order valence-electron chi connectivity index (χ2n) is 24.2. The summed E-state index contributed by atoms with van der Waals surface area (Å²) in [6.45, 7) is 23.7. The van der Waals surface area contributed by atoms with Crippen LogP contribution >= 0.6 is 0 Å². The van der Waals surface area contributed by atoms with Crippen LogP contribution in [0, 0.1) is 6.92 Å². The van der Waals surface area contributed by atoms with E-state index in [1.54, 1.807) is 0 Å². The zero-order valence-corrected chi connectivity index (χ0v) is 44.9. The fourth-order valence-corrected chi connectivity index (χ4v) is 11.8. The first-order chi connectivity index (χ1) is 35.9. The Hall–Kier alpha value is -7.96. The molecular weight excluding hydrogens is 916 g/mol. The van der Waals surface area contributed by atoms with E-state index in [-0.39, 0.29) is 23.0 Å². The average molecular weight is 979 g/mol. The standard InChI is InChI=1S/C69H63BN2O3/c1-42-33-60-66-61(34-42)72(53-36-47(43-15-21-49(22-16-43)67(2,3)4)35-48(37-53)44-17-23-50(24-18-44)68(5,6)7)58-38-45(46-19-29-55-54-13-11-12-14-62(54)75-63(55)39-46)20-30-56(58)70(66)57-40-64-65(74-32-31-73-64)41-59(57)71(60)52-27-25-51(26-28-52)69(8,9)10/h11-30,33-41H,31-32H2,1-10H3. The number of hydrogen-bond donors (Lipinski definition) is 0. The maximum Gasteiger partial charge on any atom is 0.252 e. The fraction of sp³-hybridized carbons (Fsp3) is 0.217. The van der Waals surface area contributed by atoms with Crippen LogP contribution in [0.2, 0.25) is 0 Å². The van der Waals surface area contributed by atoms with Crippen molar-refractivity contribution in [1.29, 1.82) is 0 Å². The van der Waals surface area contributed by atoms with E-state index in [1.807, 2.05) is 6.07 Å². The van der Waals surface area contributed by atoms with Crippen LogP contribution in [0.15, 0.2) is 180 Å². The third-order valence-electron chi connectivity index (χ3n) is 15.9. The number of benzene rings is 9. The summed E-state index contributed by atoms with van der Waals surface area (Å²) in [5, 5.41) is 2.24. The first-order valence-electron chi connectivity index (χ1n) is 26.7. The Morgan fingerprint density at radius 2 is 0.880 bits per heavy atom. The van der Waals surface area contributed by atoms with Crippen molar-refractivity contribution in [2.45, 2.75) is 85.5 Å². The van der Waals surface area contributed by atoms with Crippen LogP contribution in [0.5, 0.6) is 11.5 Å². The molecule has 0 radical (unpaired) electrons. The van der Waals surface area contributed by atoms with Gasteiger partial charge in [0.15, 0.2) is 11.5 Å². The summed E-state index contributed by atoms with van der Waals surface area (Å²) in [6.07, 6.45) is 0. The molecule has 0 saturated heterocycles. The second kappa shape index (κ2) is 17.0. The van der Waals surface area contributed by atoms with Crippen LogP contribution in [0.25, 0.3) is 55.3 Å². The molecule has 0 aliphatic carbocycles. The normalized spacial score (nSPS) is 14.0. The van der Waals surface area contributed by atoms with Gasteiger partial charge in [-0.05, 0) is 168 Å². The van der Waals surface area contributed by atoms with E-state index in [2.05, 4.69) is 249 Å². The summed E-state index contributed by atoms with van der Waals surface area (Å²) in [4.78, 5) is 5.03. The third kappa shape index (κ3) is 8.00. The average Bonchev–Trinajstić information content (AvgIpc) is 3.77. The van der Waals surface area contributed by atoms with Crippen LogP contribution in [-0.4, -0.2) is 19.9 Å². The third-order valence-corrected chi connectivity index (χ3v) is 15.9. The molecule has 9 aromatic carbocycles. The van der Waals surface area contributed by atoms with E-state index in [1.165, 1.54) is 49.8 Å². The smallest absolute Gasteiger partial charge is 0.252 e. The molecule has 3 aliphatic rings. The van der Waals surface area contributed by atoms with E-state index < -0.39 is 0 Å². The molecule has 3 aliphatic heterocycles. The molecule has 0 atom stereocenters. The number of rotatable bonds is 5. The highest BCUT2D eigenvalue weighted by molar-refractivity contribution is 7.00. The van der Waals surface area contributed by atoms with Crippen molar-refractivity contribution in [3.63, 3.8) is 0 Å². The van der Waals surface area contributed by atoms with Gasteiger partial charge in [0.2, 0.25) is 0 Å². The number of ether oxygens (including phenoxy) is 2. The topological polar surface area (TPSA) is 38.1 Å². The minimum atomic E-state index is -0.123. The van der Waals surface area contributed by atoms with E-state index in [0.717, 1.165) is 89.8 Å². The highest BCUT2D eigenvalue weighted by Crippen LogP contribution is 2.49. The van der Waals surface area contributed by atoms with Gasteiger partial charge in [-0.15, -0.1) is 0 Å². The Balaban J connectivity index is 1.09. The molecule has 0 N–H and O–H groups in total. The lowest BCUT2D eigenvalue weighted by atomic mass is 9.33. The molecule has 0 bridgehead atoms. The lowest BCUT2D eigenvalue weighted by Crippen LogP contribution is -2.61. The quantitative estimate of drug-likeness (QED) is 0.161. The summed E-state index contributed by atoms with van der Waals surface area (Å²) >= 11 is 0. The molecule has 13 rings (SSSR count). The van der Waals surface area contributed by atoms with Crippen molar-refractivity contribution in [2.24, 2.45) is 0 Å². The van der Waals surface area contributed by atoms with E-state index in [0.29, 0.717) is 13.2 Å². The van der Waals surface area contributed by atoms with Crippen molar-refractivity contribution >= 4 is 79.2 Å². The molecule has 0 unspecified atom stereocenters.